The van der Waals surface area contributed by atoms with Crippen LogP contribution in [0.2, 0.25) is 5.02 Å². The Kier molecular flexibility index (Phi) is 6.49. The summed E-state index contributed by atoms with van der Waals surface area (Å²) in [4.78, 5) is 18.4. The Labute approximate surface area is 203 Å². The molecule has 0 bridgehead atoms. The Hall–Kier alpha value is -3.20. The number of rotatable bonds is 6. The Morgan fingerprint density at radius 3 is 2.29 bits per heavy atom. The fourth-order valence-electron chi connectivity index (χ4n) is 3.68. The van der Waals surface area contributed by atoms with E-state index in [-0.39, 0.29) is 16.3 Å². The van der Waals surface area contributed by atoms with Crippen molar-refractivity contribution in [3.8, 4) is 11.4 Å². The van der Waals surface area contributed by atoms with E-state index in [1.54, 1.807) is 80.8 Å². The van der Waals surface area contributed by atoms with E-state index in [2.05, 4.69) is 0 Å². The van der Waals surface area contributed by atoms with Crippen molar-refractivity contribution in [1.29, 1.82) is 0 Å². The molecule has 0 aliphatic rings. The summed E-state index contributed by atoms with van der Waals surface area (Å²) in [6.07, 6.45) is 0. The number of hydrogen-bond donors (Lipinski definition) is 0. The number of nitrogens with zero attached hydrogens (tertiary/aromatic N) is 3. The fraction of sp³-hybridized carbons (Fsp3) is 0.200. The van der Waals surface area contributed by atoms with Gasteiger partial charge in [0.2, 0.25) is 10.0 Å². The summed E-state index contributed by atoms with van der Waals surface area (Å²) in [5.41, 5.74) is 1.56. The summed E-state index contributed by atoms with van der Waals surface area (Å²) >= 11 is 6.15. The molecule has 1 atom stereocenters. The van der Waals surface area contributed by atoms with E-state index >= 15 is 0 Å². The molecule has 0 N–H and O–H groups in total. The second-order valence-electron chi connectivity index (χ2n) is 7.98. The van der Waals surface area contributed by atoms with Crippen molar-refractivity contribution in [1.82, 2.24) is 13.9 Å². The summed E-state index contributed by atoms with van der Waals surface area (Å²) in [6, 6.07) is 17.6. The average molecular weight is 498 g/mol. The molecule has 1 unspecified atom stereocenters. The lowest BCUT2D eigenvalue weighted by Crippen LogP contribution is -2.35. The molecule has 4 aromatic rings. The van der Waals surface area contributed by atoms with Crippen LogP contribution in [0.5, 0.6) is 5.75 Å². The van der Waals surface area contributed by atoms with E-state index in [1.807, 2.05) is 6.92 Å². The minimum atomic E-state index is -3.86. The third-order valence-corrected chi connectivity index (χ3v) is 7.98. The maximum Gasteiger partial charge on any atom is 0.266 e. The summed E-state index contributed by atoms with van der Waals surface area (Å²) in [5, 5.41) is 0.807. The second kappa shape index (κ2) is 9.21. The van der Waals surface area contributed by atoms with E-state index in [1.165, 1.54) is 15.9 Å². The van der Waals surface area contributed by atoms with Crippen LogP contribution < -0.4 is 10.3 Å². The van der Waals surface area contributed by atoms with Crippen molar-refractivity contribution in [3.63, 3.8) is 0 Å². The zero-order valence-corrected chi connectivity index (χ0v) is 20.8. The maximum atomic E-state index is 13.6. The van der Waals surface area contributed by atoms with Gasteiger partial charge in [-0.15, -0.1) is 0 Å². The quantitative estimate of drug-likeness (QED) is 0.384. The number of ether oxygens (including phenoxy) is 1. The van der Waals surface area contributed by atoms with Crippen molar-refractivity contribution in [3.05, 3.63) is 93.5 Å². The number of hydrogen-bond acceptors (Lipinski definition) is 5. The molecule has 0 saturated carbocycles. The van der Waals surface area contributed by atoms with Gasteiger partial charge in [-0.1, -0.05) is 29.3 Å². The van der Waals surface area contributed by atoms with Crippen LogP contribution in [-0.4, -0.2) is 36.4 Å². The van der Waals surface area contributed by atoms with Crippen LogP contribution in [-0.2, 0) is 10.0 Å². The summed E-state index contributed by atoms with van der Waals surface area (Å²) in [5.74, 6) is 0.897. The average Bonchev–Trinajstić information content (AvgIpc) is 2.83. The largest absolute Gasteiger partial charge is 0.497 e. The lowest BCUT2D eigenvalue weighted by Gasteiger charge is -2.26. The molecule has 0 radical (unpaired) electrons. The van der Waals surface area contributed by atoms with E-state index < -0.39 is 16.1 Å². The Morgan fingerprint density at radius 2 is 1.68 bits per heavy atom. The van der Waals surface area contributed by atoms with E-state index in [0.29, 0.717) is 27.4 Å². The number of methoxy groups -OCH3 is 1. The van der Waals surface area contributed by atoms with Crippen molar-refractivity contribution >= 4 is 32.5 Å². The molecule has 0 spiro atoms. The molecular weight excluding hydrogens is 474 g/mol. The van der Waals surface area contributed by atoms with Crippen LogP contribution in [0, 0.1) is 6.92 Å². The molecule has 0 fully saturated rings. The van der Waals surface area contributed by atoms with Crippen molar-refractivity contribution in [2.24, 2.45) is 0 Å². The molecule has 1 heterocycles. The maximum absolute atomic E-state index is 13.6. The third-order valence-electron chi connectivity index (χ3n) is 5.81. The van der Waals surface area contributed by atoms with Crippen LogP contribution in [0.25, 0.3) is 16.6 Å². The first-order valence-electron chi connectivity index (χ1n) is 10.5. The number of aryl methyl sites for hydroxylation is 1. The van der Waals surface area contributed by atoms with Gasteiger partial charge in [-0.2, -0.15) is 4.31 Å². The van der Waals surface area contributed by atoms with Crippen LogP contribution in [0.3, 0.4) is 0 Å². The molecule has 0 aliphatic carbocycles. The van der Waals surface area contributed by atoms with Crippen LogP contribution in [0.4, 0.5) is 0 Å². The zero-order valence-electron chi connectivity index (χ0n) is 19.2. The molecule has 3 aromatic carbocycles. The van der Waals surface area contributed by atoms with Gasteiger partial charge in [0.05, 0.1) is 34.6 Å². The van der Waals surface area contributed by atoms with Crippen LogP contribution >= 0.6 is 11.6 Å². The second-order valence-corrected chi connectivity index (χ2v) is 10.4. The minimum Gasteiger partial charge on any atom is -0.497 e. The van der Waals surface area contributed by atoms with Crippen molar-refractivity contribution < 1.29 is 13.2 Å². The van der Waals surface area contributed by atoms with Gasteiger partial charge in [0.1, 0.15) is 11.6 Å². The molecule has 0 saturated heterocycles. The highest BCUT2D eigenvalue weighted by molar-refractivity contribution is 7.89. The molecule has 9 heteroatoms. The molecule has 1 aromatic heterocycles. The van der Waals surface area contributed by atoms with E-state index in [9.17, 15) is 13.2 Å². The Morgan fingerprint density at radius 1 is 1.03 bits per heavy atom. The summed E-state index contributed by atoms with van der Waals surface area (Å²) in [7, 11) is -0.820. The Balaban J connectivity index is 1.92. The number of aromatic nitrogens is 2. The van der Waals surface area contributed by atoms with Crippen LogP contribution in [0.1, 0.15) is 24.4 Å². The normalized spacial score (nSPS) is 12.8. The Bertz CT molecular complexity index is 1520. The highest BCUT2D eigenvalue weighted by atomic mass is 35.5. The van der Waals surface area contributed by atoms with Gasteiger partial charge >= 0.3 is 0 Å². The molecule has 0 aliphatic heterocycles. The lowest BCUT2D eigenvalue weighted by atomic mass is 10.2. The monoisotopic (exact) mass is 497 g/mol. The molecule has 34 heavy (non-hydrogen) atoms. The molecular formula is C25H24ClN3O4S. The first-order chi connectivity index (χ1) is 16.1. The smallest absolute Gasteiger partial charge is 0.266 e. The van der Waals surface area contributed by atoms with Gasteiger partial charge in [0.15, 0.2) is 0 Å². The highest BCUT2D eigenvalue weighted by Gasteiger charge is 2.30. The lowest BCUT2D eigenvalue weighted by molar-refractivity contribution is 0.379. The molecule has 0 amide bonds. The first-order valence-corrected chi connectivity index (χ1v) is 12.4. The standard InChI is InChI=1S/C25H24ClN3O4S/c1-16-5-12-21(13-6-16)34(31,32)28(3)17(2)24-27-23-15-18(26)7-14-22(23)25(30)29(24)19-8-10-20(33-4)11-9-19/h5-15,17H,1-4H3. The number of sulfonamides is 1. The van der Waals surface area contributed by atoms with Gasteiger partial charge in [0.25, 0.3) is 5.56 Å². The topological polar surface area (TPSA) is 81.5 Å². The summed E-state index contributed by atoms with van der Waals surface area (Å²) < 4.78 is 34.6. The zero-order chi connectivity index (χ0) is 24.6. The molecule has 4 rings (SSSR count). The van der Waals surface area contributed by atoms with Gasteiger partial charge in [-0.05, 0) is 68.4 Å². The number of halogens is 1. The SMILES string of the molecule is COc1ccc(-n2c(C(C)N(C)S(=O)(=O)c3ccc(C)cc3)nc3cc(Cl)ccc3c2=O)cc1. The van der Waals surface area contributed by atoms with Crippen molar-refractivity contribution in [2.75, 3.05) is 14.2 Å². The van der Waals surface area contributed by atoms with Crippen molar-refractivity contribution in [2.45, 2.75) is 24.8 Å². The van der Waals surface area contributed by atoms with Crippen LogP contribution in [0.15, 0.2) is 76.4 Å². The van der Waals surface area contributed by atoms with Gasteiger partial charge in [-0.3, -0.25) is 9.36 Å². The van der Waals surface area contributed by atoms with Gasteiger partial charge in [-0.25, -0.2) is 13.4 Å². The minimum absolute atomic E-state index is 0.162. The highest BCUT2D eigenvalue weighted by Crippen LogP contribution is 2.28. The molecule has 7 nitrogen and oxygen atoms in total. The first kappa shape index (κ1) is 23.9. The third kappa shape index (κ3) is 4.32. The van der Waals surface area contributed by atoms with Gasteiger partial charge in [0, 0.05) is 12.1 Å². The molecule has 176 valence electrons. The fourth-order valence-corrected chi connectivity index (χ4v) is 5.17. The number of fused-ring (bicyclic) bond motifs is 1. The number of benzene rings is 3. The summed E-state index contributed by atoms with van der Waals surface area (Å²) in [6.45, 7) is 3.59. The van der Waals surface area contributed by atoms with Gasteiger partial charge < -0.3 is 4.74 Å². The van der Waals surface area contributed by atoms with E-state index in [0.717, 1.165) is 5.56 Å². The predicted molar refractivity (Wildman–Crippen MR) is 133 cm³/mol. The predicted octanol–water partition coefficient (Wildman–Crippen LogP) is 4.74. The van der Waals surface area contributed by atoms with E-state index in [4.69, 9.17) is 21.3 Å².